The molecule has 1 aliphatic heterocycles. The van der Waals surface area contributed by atoms with E-state index >= 15 is 0 Å². The Morgan fingerprint density at radius 2 is 1.93 bits per heavy atom. The smallest absolute Gasteiger partial charge is 0.0317 e. The van der Waals surface area contributed by atoms with Gasteiger partial charge in [-0.3, -0.25) is 0 Å². The van der Waals surface area contributed by atoms with Crippen molar-refractivity contribution in [1.82, 2.24) is 10.6 Å². The van der Waals surface area contributed by atoms with Gasteiger partial charge in [0.1, 0.15) is 0 Å². The number of nitrogens with one attached hydrogen (secondary N) is 2. The highest BCUT2D eigenvalue weighted by molar-refractivity contribution is 5.31. The van der Waals surface area contributed by atoms with Crippen LogP contribution < -0.4 is 10.6 Å². The van der Waals surface area contributed by atoms with Crippen molar-refractivity contribution < 1.29 is 0 Å². The van der Waals surface area contributed by atoms with Crippen LogP contribution in [0.3, 0.4) is 0 Å². The standard InChI is InChI=1S/C13H18N2/c1-2-4-11(5-3-1)13(6-7-13)10-15-12-8-14-9-12/h1-5,12,14-15H,6-10H2. The molecule has 0 spiro atoms. The fourth-order valence-electron chi connectivity index (χ4n) is 2.28. The minimum absolute atomic E-state index is 0.469. The summed E-state index contributed by atoms with van der Waals surface area (Å²) in [5.74, 6) is 0. The summed E-state index contributed by atoms with van der Waals surface area (Å²) in [5, 5.41) is 6.95. The predicted octanol–water partition coefficient (Wildman–Crippen LogP) is 1.28. The maximum atomic E-state index is 3.66. The molecular weight excluding hydrogens is 184 g/mol. The molecule has 1 aromatic rings. The van der Waals surface area contributed by atoms with E-state index < -0.39 is 0 Å². The third-order valence-electron chi connectivity index (χ3n) is 3.75. The van der Waals surface area contributed by atoms with Crippen molar-refractivity contribution in [2.24, 2.45) is 0 Å². The van der Waals surface area contributed by atoms with Crippen LogP contribution in [0.5, 0.6) is 0 Å². The lowest BCUT2D eigenvalue weighted by Crippen LogP contribution is -2.56. The van der Waals surface area contributed by atoms with Crippen LogP contribution in [0.4, 0.5) is 0 Å². The Morgan fingerprint density at radius 1 is 1.20 bits per heavy atom. The summed E-state index contributed by atoms with van der Waals surface area (Å²) in [6, 6.07) is 11.7. The van der Waals surface area contributed by atoms with E-state index in [-0.39, 0.29) is 0 Å². The molecule has 1 aromatic carbocycles. The van der Waals surface area contributed by atoms with Gasteiger partial charge in [0, 0.05) is 31.1 Å². The minimum atomic E-state index is 0.469. The Hall–Kier alpha value is -0.860. The Labute approximate surface area is 91.1 Å². The molecule has 0 amide bonds. The van der Waals surface area contributed by atoms with E-state index in [2.05, 4.69) is 41.0 Å². The third kappa shape index (κ3) is 1.80. The van der Waals surface area contributed by atoms with Gasteiger partial charge in [-0.1, -0.05) is 30.3 Å². The van der Waals surface area contributed by atoms with Crippen molar-refractivity contribution in [3.8, 4) is 0 Å². The molecule has 1 saturated carbocycles. The van der Waals surface area contributed by atoms with Gasteiger partial charge in [-0.15, -0.1) is 0 Å². The zero-order valence-corrected chi connectivity index (χ0v) is 9.00. The summed E-state index contributed by atoms with van der Waals surface area (Å²) in [4.78, 5) is 0. The van der Waals surface area contributed by atoms with Crippen molar-refractivity contribution >= 4 is 0 Å². The van der Waals surface area contributed by atoms with Crippen LogP contribution in [0.1, 0.15) is 18.4 Å². The van der Waals surface area contributed by atoms with E-state index in [0.29, 0.717) is 11.5 Å². The van der Waals surface area contributed by atoms with Gasteiger partial charge in [-0.25, -0.2) is 0 Å². The van der Waals surface area contributed by atoms with Gasteiger partial charge >= 0.3 is 0 Å². The van der Waals surface area contributed by atoms with Crippen molar-refractivity contribution in [3.05, 3.63) is 35.9 Å². The maximum absolute atomic E-state index is 3.66. The average Bonchev–Trinajstić information content (AvgIpc) is 2.98. The maximum Gasteiger partial charge on any atom is 0.0317 e. The molecular formula is C13H18N2. The molecule has 15 heavy (non-hydrogen) atoms. The highest BCUT2D eigenvalue weighted by Gasteiger charge is 2.44. The summed E-state index contributed by atoms with van der Waals surface area (Å²) in [6.07, 6.45) is 2.70. The average molecular weight is 202 g/mol. The Kier molecular flexibility index (Phi) is 2.26. The van der Waals surface area contributed by atoms with Gasteiger partial charge in [-0.2, -0.15) is 0 Å². The van der Waals surface area contributed by atoms with Gasteiger partial charge in [0.25, 0.3) is 0 Å². The summed E-state index contributed by atoms with van der Waals surface area (Å²) in [5.41, 5.74) is 1.99. The lowest BCUT2D eigenvalue weighted by Gasteiger charge is -2.30. The van der Waals surface area contributed by atoms with E-state index in [9.17, 15) is 0 Å². The second-order valence-electron chi connectivity index (χ2n) is 4.88. The zero-order chi connectivity index (χ0) is 10.1. The van der Waals surface area contributed by atoms with E-state index in [1.54, 1.807) is 0 Å². The first kappa shape index (κ1) is 9.37. The molecule has 2 N–H and O–H groups in total. The fourth-order valence-corrected chi connectivity index (χ4v) is 2.28. The molecule has 2 nitrogen and oxygen atoms in total. The monoisotopic (exact) mass is 202 g/mol. The molecule has 0 bridgehead atoms. The number of benzene rings is 1. The van der Waals surface area contributed by atoms with Gasteiger partial charge in [0.05, 0.1) is 0 Å². The van der Waals surface area contributed by atoms with Crippen molar-refractivity contribution in [2.45, 2.75) is 24.3 Å². The lowest BCUT2D eigenvalue weighted by atomic mass is 9.95. The summed E-state index contributed by atoms with van der Waals surface area (Å²) in [6.45, 7) is 3.44. The van der Waals surface area contributed by atoms with Crippen LogP contribution in [-0.2, 0) is 5.41 Å². The minimum Gasteiger partial charge on any atom is -0.314 e. The van der Waals surface area contributed by atoms with E-state index in [1.807, 2.05) is 0 Å². The summed E-state index contributed by atoms with van der Waals surface area (Å²) in [7, 11) is 0. The normalized spacial score (nSPS) is 23.5. The second kappa shape index (κ2) is 3.62. The first-order chi connectivity index (χ1) is 7.39. The fraction of sp³-hybridized carbons (Fsp3) is 0.538. The van der Waals surface area contributed by atoms with Crippen LogP contribution in [0, 0.1) is 0 Å². The van der Waals surface area contributed by atoms with Gasteiger partial charge in [0.2, 0.25) is 0 Å². The van der Waals surface area contributed by atoms with E-state index in [1.165, 1.54) is 18.4 Å². The highest BCUT2D eigenvalue weighted by atomic mass is 15.1. The quantitative estimate of drug-likeness (QED) is 0.768. The highest BCUT2D eigenvalue weighted by Crippen LogP contribution is 2.47. The largest absolute Gasteiger partial charge is 0.314 e. The molecule has 2 heteroatoms. The van der Waals surface area contributed by atoms with E-state index in [4.69, 9.17) is 0 Å². The topological polar surface area (TPSA) is 24.1 Å². The Bertz CT molecular complexity index is 326. The number of hydrogen-bond acceptors (Lipinski definition) is 2. The van der Waals surface area contributed by atoms with Gasteiger partial charge in [0.15, 0.2) is 0 Å². The van der Waals surface area contributed by atoms with Gasteiger partial charge < -0.3 is 10.6 Å². The summed E-state index contributed by atoms with van der Waals surface area (Å²) >= 11 is 0. The van der Waals surface area contributed by atoms with Crippen molar-refractivity contribution in [1.29, 1.82) is 0 Å². The van der Waals surface area contributed by atoms with Crippen LogP contribution in [-0.4, -0.2) is 25.7 Å². The third-order valence-corrected chi connectivity index (χ3v) is 3.75. The number of hydrogen-bond donors (Lipinski definition) is 2. The van der Waals surface area contributed by atoms with Crippen molar-refractivity contribution in [2.75, 3.05) is 19.6 Å². The lowest BCUT2D eigenvalue weighted by molar-refractivity contribution is 0.354. The zero-order valence-electron chi connectivity index (χ0n) is 9.00. The van der Waals surface area contributed by atoms with Crippen LogP contribution in [0.25, 0.3) is 0 Å². The van der Waals surface area contributed by atoms with Crippen LogP contribution >= 0.6 is 0 Å². The van der Waals surface area contributed by atoms with Crippen LogP contribution in [0.15, 0.2) is 30.3 Å². The Balaban J connectivity index is 1.63. The molecule has 1 heterocycles. The second-order valence-corrected chi connectivity index (χ2v) is 4.88. The van der Waals surface area contributed by atoms with E-state index in [0.717, 1.165) is 19.6 Å². The van der Waals surface area contributed by atoms with Crippen LogP contribution in [0.2, 0.25) is 0 Å². The SMILES string of the molecule is c1ccc(C2(CNC3CNC3)CC2)cc1. The molecule has 1 saturated heterocycles. The van der Waals surface area contributed by atoms with Crippen molar-refractivity contribution in [3.63, 3.8) is 0 Å². The molecule has 2 fully saturated rings. The van der Waals surface area contributed by atoms with Gasteiger partial charge in [-0.05, 0) is 18.4 Å². The molecule has 3 rings (SSSR count). The summed E-state index contributed by atoms with van der Waals surface area (Å²) < 4.78 is 0. The molecule has 0 aromatic heterocycles. The predicted molar refractivity (Wildman–Crippen MR) is 62.0 cm³/mol. The first-order valence-electron chi connectivity index (χ1n) is 5.89. The molecule has 0 unspecified atom stereocenters. The number of rotatable bonds is 4. The molecule has 2 aliphatic rings. The Morgan fingerprint density at radius 3 is 2.47 bits per heavy atom. The molecule has 1 aliphatic carbocycles. The molecule has 0 radical (unpaired) electrons. The molecule has 0 atom stereocenters. The molecule has 80 valence electrons. The first-order valence-corrected chi connectivity index (χ1v) is 5.89.